The second kappa shape index (κ2) is 8.21. The summed E-state index contributed by atoms with van der Waals surface area (Å²) in [5.74, 6) is 0.312. The molecule has 1 aromatic carbocycles. The van der Waals surface area contributed by atoms with Crippen LogP contribution in [-0.2, 0) is 9.53 Å². The normalized spacial score (nSPS) is 16.4. The Kier molecular flexibility index (Phi) is 5.73. The van der Waals surface area contributed by atoms with Gasteiger partial charge in [-0.1, -0.05) is 18.2 Å². The Bertz CT molecular complexity index is 1060. The van der Waals surface area contributed by atoms with Crippen molar-refractivity contribution in [1.82, 2.24) is 4.90 Å². The molecule has 0 amide bonds. The molecule has 1 aliphatic heterocycles. The Balaban J connectivity index is 1.92. The number of amidine groups is 1. The molecule has 7 heteroatoms. The van der Waals surface area contributed by atoms with Crippen LogP contribution in [0, 0.1) is 0 Å². The molecule has 0 unspecified atom stereocenters. The van der Waals surface area contributed by atoms with Gasteiger partial charge in [-0.2, -0.15) is 5.10 Å². The quantitative estimate of drug-likeness (QED) is 0.343. The second-order valence-corrected chi connectivity index (χ2v) is 6.39. The Hall–Kier alpha value is -3.22. The van der Waals surface area contributed by atoms with Gasteiger partial charge in [-0.05, 0) is 39.8 Å². The van der Waals surface area contributed by atoms with Crippen molar-refractivity contribution in [3.8, 4) is 0 Å². The highest BCUT2D eigenvalue weighted by Crippen LogP contribution is 2.26. The smallest absolute Gasteiger partial charge is 0.345 e. The number of carbonyl (C=O) groups is 1. The lowest BCUT2D eigenvalue weighted by atomic mass is 10.1. The number of nitrogens with zero attached hydrogens (tertiary/aromatic N) is 3. The average Bonchev–Trinajstić information content (AvgIpc) is 3.01. The van der Waals surface area contributed by atoms with E-state index in [0.29, 0.717) is 47.8 Å². The fourth-order valence-electron chi connectivity index (χ4n) is 3.19. The SMILES string of the molecule is CCOC(=O)C1=C(C)N(CC)/C(=N\N=C(/C)c2cc3ccccc3oc2=O)C1. The van der Waals surface area contributed by atoms with Crippen LogP contribution in [-0.4, -0.2) is 35.6 Å². The summed E-state index contributed by atoms with van der Waals surface area (Å²) in [5, 5.41) is 9.37. The van der Waals surface area contributed by atoms with Crippen LogP contribution in [0.25, 0.3) is 11.0 Å². The third-order valence-corrected chi connectivity index (χ3v) is 4.67. The molecule has 0 saturated carbocycles. The van der Waals surface area contributed by atoms with Gasteiger partial charge in [0.25, 0.3) is 0 Å². The van der Waals surface area contributed by atoms with Crippen LogP contribution in [0.3, 0.4) is 0 Å². The number of para-hydroxylation sites is 1. The van der Waals surface area contributed by atoms with Crippen molar-refractivity contribution in [1.29, 1.82) is 0 Å². The minimum atomic E-state index is -0.458. The molecule has 1 aliphatic rings. The van der Waals surface area contributed by atoms with Crippen molar-refractivity contribution in [2.75, 3.05) is 13.2 Å². The number of allylic oxidation sites excluding steroid dienone is 1. The number of hydrogen-bond acceptors (Lipinski definition) is 6. The van der Waals surface area contributed by atoms with Gasteiger partial charge in [0.2, 0.25) is 0 Å². The number of carbonyl (C=O) groups excluding carboxylic acids is 1. The summed E-state index contributed by atoms with van der Waals surface area (Å²) in [4.78, 5) is 26.3. The van der Waals surface area contributed by atoms with Gasteiger partial charge in [0.1, 0.15) is 11.4 Å². The summed E-state index contributed by atoms with van der Waals surface area (Å²) < 4.78 is 10.5. The standard InChI is InChI=1S/C21H23N3O4/c1-5-24-14(4)17(20(25)27-6-2)12-19(24)23-22-13(3)16-11-15-9-7-8-10-18(15)28-21(16)26/h7-11H,5-6,12H2,1-4H3/b22-13+,23-19-. The predicted octanol–water partition coefficient (Wildman–Crippen LogP) is 3.48. The van der Waals surface area contributed by atoms with Crippen LogP contribution in [0.2, 0.25) is 0 Å². The Labute approximate surface area is 163 Å². The predicted molar refractivity (Wildman–Crippen MR) is 108 cm³/mol. The second-order valence-electron chi connectivity index (χ2n) is 6.39. The van der Waals surface area contributed by atoms with Gasteiger partial charge in [0, 0.05) is 24.0 Å². The van der Waals surface area contributed by atoms with Crippen LogP contribution in [0.1, 0.15) is 39.7 Å². The van der Waals surface area contributed by atoms with E-state index < -0.39 is 5.63 Å². The Morgan fingerprint density at radius 2 is 2.04 bits per heavy atom. The summed E-state index contributed by atoms with van der Waals surface area (Å²) in [5.41, 5.74) is 2.28. The van der Waals surface area contributed by atoms with Gasteiger partial charge >= 0.3 is 11.6 Å². The first-order chi connectivity index (χ1) is 13.5. The first kappa shape index (κ1) is 19.5. The van der Waals surface area contributed by atoms with E-state index in [1.807, 2.05) is 36.9 Å². The largest absolute Gasteiger partial charge is 0.463 e. The van der Waals surface area contributed by atoms with Crippen molar-refractivity contribution in [2.24, 2.45) is 10.2 Å². The summed E-state index contributed by atoms with van der Waals surface area (Å²) in [6.45, 7) is 8.30. The van der Waals surface area contributed by atoms with E-state index in [2.05, 4.69) is 10.2 Å². The molecule has 2 aromatic rings. The number of ether oxygens (including phenoxy) is 1. The fraction of sp³-hybridized carbons (Fsp3) is 0.333. The molecule has 1 aromatic heterocycles. The third kappa shape index (κ3) is 3.74. The molecular weight excluding hydrogens is 358 g/mol. The van der Waals surface area contributed by atoms with Crippen molar-refractivity contribution in [3.05, 3.63) is 57.6 Å². The maximum Gasteiger partial charge on any atom is 0.345 e. The number of esters is 1. The maximum atomic E-state index is 12.3. The fourth-order valence-corrected chi connectivity index (χ4v) is 3.19. The highest BCUT2D eigenvalue weighted by molar-refractivity contribution is 6.03. The van der Waals surface area contributed by atoms with Crippen molar-refractivity contribution >= 4 is 28.5 Å². The molecule has 0 radical (unpaired) electrons. The van der Waals surface area contributed by atoms with E-state index in [1.165, 1.54) is 0 Å². The molecule has 0 spiro atoms. The van der Waals surface area contributed by atoms with Gasteiger partial charge in [0.05, 0.1) is 23.5 Å². The molecule has 3 rings (SSSR count). The van der Waals surface area contributed by atoms with Crippen molar-refractivity contribution in [2.45, 2.75) is 34.1 Å². The maximum absolute atomic E-state index is 12.3. The summed E-state index contributed by atoms with van der Waals surface area (Å²) >= 11 is 0. The van der Waals surface area contributed by atoms with Crippen LogP contribution in [0.5, 0.6) is 0 Å². The van der Waals surface area contributed by atoms with E-state index in [9.17, 15) is 9.59 Å². The lowest BCUT2D eigenvalue weighted by molar-refractivity contribution is -0.138. The molecule has 0 fully saturated rings. The van der Waals surface area contributed by atoms with E-state index in [0.717, 1.165) is 11.1 Å². The third-order valence-electron chi connectivity index (χ3n) is 4.67. The first-order valence-electron chi connectivity index (χ1n) is 9.25. The van der Waals surface area contributed by atoms with Gasteiger partial charge in [0.15, 0.2) is 0 Å². The zero-order valence-corrected chi connectivity index (χ0v) is 16.5. The molecule has 0 atom stereocenters. The van der Waals surface area contributed by atoms with Gasteiger partial charge in [-0.25, -0.2) is 9.59 Å². The molecule has 7 nitrogen and oxygen atoms in total. The average molecular weight is 381 g/mol. The lowest BCUT2D eigenvalue weighted by Crippen LogP contribution is -2.24. The number of rotatable bonds is 5. The molecule has 0 aliphatic carbocycles. The minimum Gasteiger partial charge on any atom is -0.463 e. The zero-order valence-electron chi connectivity index (χ0n) is 16.5. The lowest BCUT2D eigenvalue weighted by Gasteiger charge is -2.17. The molecule has 28 heavy (non-hydrogen) atoms. The summed E-state index contributed by atoms with van der Waals surface area (Å²) in [6, 6.07) is 9.06. The van der Waals surface area contributed by atoms with Gasteiger partial charge < -0.3 is 14.1 Å². The van der Waals surface area contributed by atoms with Crippen LogP contribution < -0.4 is 5.63 Å². The molecule has 0 N–H and O–H groups in total. The number of hydrogen-bond donors (Lipinski definition) is 0. The minimum absolute atomic E-state index is 0.323. The van der Waals surface area contributed by atoms with E-state index in [1.54, 1.807) is 26.0 Å². The van der Waals surface area contributed by atoms with E-state index >= 15 is 0 Å². The van der Waals surface area contributed by atoms with E-state index in [-0.39, 0.29) is 5.97 Å². The highest BCUT2D eigenvalue weighted by atomic mass is 16.5. The van der Waals surface area contributed by atoms with Crippen LogP contribution >= 0.6 is 0 Å². The van der Waals surface area contributed by atoms with Crippen molar-refractivity contribution < 1.29 is 13.9 Å². The summed E-state index contributed by atoms with van der Waals surface area (Å²) in [7, 11) is 0. The molecule has 0 saturated heterocycles. The first-order valence-corrected chi connectivity index (χ1v) is 9.25. The van der Waals surface area contributed by atoms with Crippen LogP contribution in [0.4, 0.5) is 0 Å². The number of benzene rings is 1. The topological polar surface area (TPSA) is 84.5 Å². The highest BCUT2D eigenvalue weighted by Gasteiger charge is 2.29. The molecule has 0 bridgehead atoms. The molecule has 2 heterocycles. The van der Waals surface area contributed by atoms with Gasteiger partial charge in [-0.15, -0.1) is 5.10 Å². The number of fused-ring (bicyclic) bond motifs is 1. The van der Waals surface area contributed by atoms with Gasteiger partial charge in [-0.3, -0.25) is 0 Å². The molecular formula is C21H23N3O4. The van der Waals surface area contributed by atoms with E-state index in [4.69, 9.17) is 9.15 Å². The van der Waals surface area contributed by atoms with Crippen LogP contribution in [0.15, 0.2) is 61.0 Å². The monoisotopic (exact) mass is 381 g/mol. The summed E-state index contributed by atoms with van der Waals surface area (Å²) in [6.07, 6.45) is 0.349. The molecule has 146 valence electrons. The Morgan fingerprint density at radius 3 is 2.75 bits per heavy atom. The zero-order chi connectivity index (χ0) is 20.3. The Morgan fingerprint density at radius 1 is 1.29 bits per heavy atom. The van der Waals surface area contributed by atoms with Crippen molar-refractivity contribution in [3.63, 3.8) is 0 Å².